The number of nitro groups is 1. The van der Waals surface area contributed by atoms with Crippen molar-refractivity contribution in [2.45, 2.75) is 6.61 Å². The molecular formula is C25H18BrN3O7. The molecule has 0 aliphatic carbocycles. The van der Waals surface area contributed by atoms with Gasteiger partial charge in [0.15, 0.2) is 11.5 Å². The molecule has 0 fully saturated rings. The maximum absolute atomic E-state index is 12.6. The van der Waals surface area contributed by atoms with Crippen molar-refractivity contribution in [2.24, 2.45) is 0 Å². The summed E-state index contributed by atoms with van der Waals surface area (Å²) >= 11 is 3.40. The molecule has 0 bridgehead atoms. The molecule has 0 saturated carbocycles. The summed E-state index contributed by atoms with van der Waals surface area (Å²) in [5, 5.41) is 31.9. The van der Waals surface area contributed by atoms with Gasteiger partial charge in [-0.25, -0.2) is 4.79 Å². The van der Waals surface area contributed by atoms with Gasteiger partial charge in [0.25, 0.3) is 11.6 Å². The van der Waals surface area contributed by atoms with Crippen LogP contribution in [0.1, 0.15) is 21.5 Å². The summed E-state index contributed by atoms with van der Waals surface area (Å²) in [5.41, 5.74) is 1.14. The van der Waals surface area contributed by atoms with Crippen LogP contribution in [0, 0.1) is 21.4 Å². The van der Waals surface area contributed by atoms with E-state index in [2.05, 4.69) is 21.2 Å². The molecule has 3 aromatic carbocycles. The van der Waals surface area contributed by atoms with E-state index >= 15 is 0 Å². The molecule has 3 aromatic rings. The Bertz CT molecular complexity index is 1400. The van der Waals surface area contributed by atoms with Gasteiger partial charge < -0.3 is 19.9 Å². The Hall–Kier alpha value is -4.69. The van der Waals surface area contributed by atoms with Gasteiger partial charge in [0, 0.05) is 22.3 Å². The van der Waals surface area contributed by atoms with E-state index in [4.69, 9.17) is 14.6 Å². The van der Waals surface area contributed by atoms with Crippen molar-refractivity contribution in [1.82, 2.24) is 0 Å². The van der Waals surface area contributed by atoms with Crippen molar-refractivity contribution in [2.75, 3.05) is 12.4 Å². The van der Waals surface area contributed by atoms with Gasteiger partial charge in [0.2, 0.25) is 0 Å². The molecule has 0 radical (unpaired) electrons. The number of ether oxygens (including phenoxy) is 2. The summed E-state index contributed by atoms with van der Waals surface area (Å²) in [5.74, 6) is -1.16. The summed E-state index contributed by atoms with van der Waals surface area (Å²) < 4.78 is 11.7. The first-order valence-electron chi connectivity index (χ1n) is 10.2. The highest BCUT2D eigenvalue weighted by atomic mass is 79.9. The van der Waals surface area contributed by atoms with Gasteiger partial charge in [-0.2, -0.15) is 5.26 Å². The molecule has 2 N–H and O–H groups in total. The first kappa shape index (κ1) is 25.9. The van der Waals surface area contributed by atoms with Crippen LogP contribution in [0.2, 0.25) is 0 Å². The Balaban J connectivity index is 1.79. The third-order valence-electron chi connectivity index (χ3n) is 4.86. The third kappa shape index (κ3) is 6.46. The number of nitrogens with zero attached hydrogens (tertiary/aromatic N) is 2. The third-order valence-corrected chi connectivity index (χ3v) is 5.54. The Morgan fingerprint density at radius 3 is 2.50 bits per heavy atom. The Morgan fingerprint density at radius 1 is 1.17 bits per heavy atom. The summed E-state index contributed by atoms with van der Waals surface area (Å²) in [6, 6.07) is 16.6. The van der Waals surface area contributed by atoms with Crippen LogP contribution in [0.4, 0.5) is 11.4 Å². The normalized spacial score (nSPS) is 10.8. The van der Waals surface area contributed by atoms with Gasteiger partial charge in [0.05, 0.1) is 17.6 Å². The number of methoxy groups -OCH3 is 1. The average molecular weight is 552 g/mol. The van der Waals surface area contributed by atoms with Crippen LogP contribution in [0.25, 0.3) is 6.08 Å². The molecule has 3 rings (SSSR count). The van der Waals surface area contributed by atoms with Crippen molar-refractivity contribution in [3.8, 4) is 17.6 Å². The van der Waals surface area contributed by atoms with Crippen LogP contribution in [-0.4, -0.2) is 29.0 Å². The van der Waals surface area contributed by atoms with E-state index < -0.39 is 16.8 Å². The first-order valence-corrected chi connectivity index (χ1v) is 11.0. The minimum absolute atomic E-state index is 0.00733. The van der Waals surface area contributed by atoms with Gasteiger partial charge in [-0.05, 0) is 59.7 Å². The first-order chi connectivity index (χ1) is 17.2. The number of carbonyl (C=O) groups excluding carboxylic acids is 1. The molecule has 0 saturated heterocycles. The lowest BCUT2D eigenvalue weighted by molar-refractivity contribution is -0.384. The number of carboxylic acid groups (broad SMARTS) is 1. The number of anilines is 1. The molecule has 0 atom stereocenters. The Kier molecular flexibility index (Phi) is 8.38. The van der Waals surface area contributed by atoms with Crippen LogP contribution in [0.15, 0.2) is 70.7 Å². The van der Waals surface area contributed by atoms with Crippen LogP contribution < -0.4 is 14.8 Å². The quantitative estimate of drug-likeness (QED) is 0.159. The second-order valence-electron chi connectivity index (χ2n) is 7.25. The molecule has 11 heteroatoms. The molecule has 36 heavy (non-hydrogen) atoms. The molecule has 0 aliphatic heterocycles. The van der Waals surface area contributed by atoms with Crippen molar-refractivity contribution in [1.29, 1.82) is 5.26 Å². The number of carbonyl (C=O) groups is 2. The number of amides is 1. The summed E-state index contributed by atoms with van der Waals surface area (Å²) in [7, 11) is 1.43. The minimum atomic E-state index is -1.14. The molecule has 0 aliphatic rings. The molecule has 10 nitrogen and oxygen atoms in total. The topological polar surface area (TPSA) is 152 Å². The standard InChI is InChI=1S/C25H18BrN3O7/c1-35-22-11-17(9-18(13-27)24(30)28-19-4-2-3-16(10-19)25(31)32)21(26)12-23(22)36-14-15-5-7-20(8-6-15)29(33)34/h2-12H,14H2,1H3,(H,28,30)(H,31,32)/b18-9-. The van der Waals surface area contributed by atoms with Gasteiger partial charge in [0.1, 0.15) is 18.2 Å². The van der Waals surface area contributed by atoms with Gasteiger partial charge in [-0.1, -0.05) is 22.0 Å². The molecule has 0 aromatic heterocycles. The average Bonchev–Trinajstić information content (AvgIpc) is 2.87. The van der Waals surface area contributed by atoms with Crippen molar-refractivity contribution in [3.05, 3.63) is 97.5 Å². The van der Waals surface area contributed by atoms with Crippen LogP contribution in [0.3, 0.4) is 0 Å². The van der Waals surface area contributed by atoms with E-state index in [9.17, 15) is 25.0 Å². The van der Waals surface area contributed by atoms with Gasteiger partial charge in [-0.15, -0.1) is 0 Å². The monoisotopic (exact) mass is 551 g/mol. The van der Waals surface area contributed by atoms with E-state index in [1.807, 2.05) is 6.07 Å². The lowest BCUT2D eigenvalue weighted by atomic mass is 10.1. The van der Waals surface area contributed by atoms with E-state index in [0.29, 0.717) is 27.1 Å². The molecular weight excluding hydrogens is 534 g/mol. The number of benzene rings is 3. The molecule has 182 valence electrons. The number of rotatable bonds is 9. The van der Waals surface area contributed by atoms with E-state index in [0.717, 1.165) is 0 Å². The smallest absolute Gasteiger partial charge is 0.335 e. The second-order valence-corrected chi connectivity index (χ2v) is 8.10. The van der Waals surface area contributed by atoms with E-state index in [1.54, 1.807) is 24.3 Å². The number of nitriles is 1. The molecule has 0 spiro atoms. The molecule has 1 amide bonds. The van der Waals surface area contributed by atoms with Crippen molar-refractivity contribution < 1.29 is 29.1 Å². The number of non-ortho nitro benzene ring substituents is 1. The largest absolute Gasteiger partial charge is 0.493 e. The number of carboxylic acids is 1. The van der Waals surface area contributed by atoms with E-state index in [-0.39, 0.29) is 29.1 Å². The second kappa shape index (κ2) is 11.6. The lowest BCUT2D eigenvalue weighted by Gasteiger charge is -2.13. The number of halogens is 1. The fourth-order valence-corrected chi connectivity index (χ4v) is 3.48. The predicted octanol–water partition coefficient (Wildman–Crippen LogP) is 5.19. The fourth-order valence-electron chi connectivity index (χ4n) is 3.04. The van der Waals surface area contributed by atoms with Crippen LogP contribution >= 0.6 is 15.9 Å². The lowest BCUT2D eigenvalue weighted by Crippen LogP contribution is -2.14. The van der Waals surface area contributed by atoms with Gasteiger partial charge in [-0.3, -0.25) is 14.9 Å². The predicted molar refractivity (Wildman–Crippen MR) is 134 cm³/mol. The summed E-state index contributed by atoms with van der Waals surface area (Å²) in [6.07, 6.45) is 1.35. The van der Waals surface area contributed by atoms with Crippen LogP contribution in [-0.2, 0) is 11.4 Å². The minimum Gasteiger partial charge on any atom is -0.493 e. The number of hydrogen-bond acceptors (Lipinski definition) is 7. The summed E-state index contributed by atoms with van der Waals surface area (Å²) in [6.45, 7) is 0.122. The Morgan fingerprint density at radius 2 is 1.89 bits per heavy atom. The Labute approximate surface area is 213 Å². The molecule has 0 heterocycles. The maximum Gasteiger partial charge on any atom is 0.335 e. The number of aromatic carboxylic acids is 1. The maximum atomic E-state index is 12.6. The zero-order chi connectivity index (χ0) is 26.2. The number of hydrogen-bond donors (Lipinski definition) is 2. The number of nitro benzene ring substituents is 1. The van der Waals surface area contributed by atoms with Gasteiger partial charge >= 0.3 is 5.97 Å². The zero-order valence-electron chi connectivity index (χ0n) is 18.7. The highest BCUT2D eigenvalue weighted by molar-refractivity contribution is 9.10. The highest BCUT2D eigenvalue weighted by Crippen LogP contribution is 2.35. The summed E-state index contributed by atoms with van der Waals surface area (Å²) in [4.78, 5) is 34.1. The van der Waals surface area contributed by atoms with Crippen molar-refractivity contribution >= 4 is 45.3 Å². The highest BCUT2D eigenvalue weighted by Gasteiger charge is 2.15. The SMILES string of the molecule is COc1cc(/C=C(/C#N)C(=O)Nc2cccc(C(=O)O)c2)c(Br)cc1OCc1ccc([N+](=O)[O-])cc1. The number of nitrogens with one attached hydrogen (secondary N) is 1. The van der Waals surface area contributed by atoms with Crippen molar-refractivity contribution in [3.63, 3.8) is 0 Å². The van der Waals surface area contributed by atoms with E-state index in [1.165, 1.54) is 49.6 Å². The molecule has 0 unspecified atom stereocenters. The van der Waals surface area contributed by atoms with Crippen LogP contribution in [0.5, 0.6) is 11.5 Å². The zero-order valence-corrected chi connectivity index (χ0v) is 20.3. The fraction of sp³-hybridized carbons (Fsp3) is 0.0800.